The number of rotatable bonds is 5. The van der Waals surface area contributed by atoms with E-state index in [2.05, 4.69) is 52.4 Å². The molecule has 3 rings (SSSR count). The van der Waals surface area contributed by atoms with E-state index < -0.39 is 0 Å². The first-order valence-electron chi connectivity index (χ1n) is 7.73. The first-order valence-corrected chi connectivity index (χ1v) is 7.73. The fourth-order valence-electron chi connectivity index (χ4n) is 2.60. The molecule has 0 aliphatic rings. The highest BCUT2D eigenvalue weighted by atomic mass is 16.5. The Balaban J connectivity index is 1.87. The molecule has 0 aliphatic carbocycles. The molecule has 1 aromatic carbocycles. The Morgan fingerprint density at radius 1 is 1.04 bits per heavy atom. The van der Waals surface area contributed by atoms with Gasteiger partial charge in [-0.25, -0.2) is 4.98 Å². The number of pyridine rings is 1. The normalized spacial score (nSPS) is 12.3. The first kappa shape index (κ1) is 15.4. The van der Waals surface area contributed by atoms with E-state index >= 15 is 0 Å². The van der Waals surface area contributed by atoms with E-state index in [1.807, 2.05) is 19.9 Å². The quantitative estimate of drug-likeness (QED) is 0.720. The lowest BCUT2D eigenvalue weighted by Gasteiger charge is -2.13. The summed E-state index contributed by atoms with van der Waals surface area (Å²) in [4.78, 5) is 4.64. The third kappa shape index (κ3) is 3.29. The summed E-state index contributed by atoms with van der Waals surface area (Å²) in [5.41, 5.74) is 4.43. The number of nitrogens with zero attached hydrogens (tertiary/aromatic N) is 4. The lowest BCUT2D eigenvalue weighted by atomic mass is 10.0. The highest BCUT2D eigenvalue weighted by Crippen LogP contribution is 2.26. The molecule has 2 aromatic heterocycles. The Hall–Kier alpha value is -2.53. The molecule has 1 atom stereocenters. The van der Waals surface area contributed by atoms with Crippen LogP contribution in [0.1, 0.15) is 31.2 Å². The fourth-order valence-corrected chi connectivity index (χ4v) is 2.60. The number of hydrogen-bond donors (Lipinski definition) is 0. The van der Waals surface area contributed by atoms with Crippen molar-refractivity contribution in [2.75, 3.05) is 6.61 Å². The fraction of sp³-hybridized carbons (Fsp3) is 0.278. The van der Waals surface area contributed by atoms with Crippen LogP contribution in [-0.4, -0.2) is 26.4 Å². The molecule has 0 saturated carbocycles. The third-order valence-corrected chi connectivity index (χ3v) is 3.86. The lowest BCUT2D eigenvalue weighted by molar-refractivity contribution is 0.0764. The Morgan fingerprint density at radius 3 is 2.35 bits per heavy atom. The van der Waals surface area contributed by atoms with Gasteiger partial charge < -0.3 is 4.74 Å². The summed E-state index contributed by atoms with van der Waals surface area (Å²) >= 11 is 0. The van der Waals surface area contributed by atoms with Crippen LogP contribution >= 0.6 is 0 Å². The SMILES string of the molecule is CCO[C@H](C)c1ccc(-c2ccc(-n3cnnc3)nc2C)cc1. The van der Waals surface area contributed by atoms with Gasteiger partial charge in [-0.15, -0.1) is 10.2 Å². The monoisotopic (exact) mass is 308 g/mol. The maximum absolute atomic E-state index is 5.63. The highest BCUT2D eigenvalue weighted by molar-refractivity contribution is 5.66. The summed E-state index contributed by atoms with van der Waals surface area (Å²) in [6.45, 7) is 6.81. The van der Waals surface area contributed by atoms with Crippen molar-refractivity contribution >= 4 is 0 Å². The zero-order valence-electron chi connectivity index (χ0n) is 13.6. The molecule has 23 heavy (non-hydrogen) atoms. The van der Waals surface area contributed by atoms with E-state index in [9.17, 15) is 0 Å². The van der Waals surface area contributed by atoms with Crippen LogP contribution in [0.5, 0.6) is 0 Å². The summed E-state index contributed by atoms with van der Waals surface area (Å²) in [5.74, 6) is 0.817. The van der Waals surface area contributed by atoms with E-state index in [4.69, 9.17) is 4.74 Å². The summed E-state index contributed by atoms with van der Waals surface area (Å²) in [6.07, 6.45) is 3.40. The van der Waals surface area contributed by atoms with Crippen molar-refractivity contribution in [3.05, 3.63) is 60.3 Å². The second-order valence-corrected chi connectivity index (χ2v) is 5.39. The summed E-state index contributed by atoms with van der Waals surface area (Å²) in [7, 11) is 0. The minimum absolute atomic E-state index is 0.115. The molecule has 0 unspecified atom stereocenters. The largest absolute Gasteiger partial charge is 0.374 e. The van der Waals surface area contributed by atoms with E-state index in [1.165, 1.54) is 5.56 Å². The minimum Gasteiger partial charge on any atom is -0.374 e. The van der Waals surface area contributed by atoms with Crippen LogP contribution in [-0.2, 0) is 4.74 Å². The number of aromatic nitrogens is 4. The van der Waals surface area contributed by atoms with Gasteiger partial charge in [0.1, 0.15) is 18.5 Å². The smallest absolute Gasteiger partial charge is 0.139 e. The molecule has 0 N–H and O–H groups in total. The second kappa shape index (κ2) is 6.71. The van der Waals surface area contributed by atoms with E-state index in [0.29, 0.717) is 0 Å². The van der Waals surface area contributed by atoms with Gasteiger partial charge in [-0.05, 0) is 44.0 Å². The molecule has 0 spiro atoms. The van der Waals surface area contributed by atoms with Crippen LogP contribution in [0, 0.1) is 6.92 Å². The van der Waals surface area contributed by atoms with Gasteiger partial charge in [-0.2, -0.15) is 0 Å². The maximum Gasteiger partial charge on any atom is 0.139 e. The molecule has 5 heteroatoms. The van der Waals surface area contributed by atoms with Gasteiger partial charge in [0.2, 0.25) is 0 Å². The van der Waals surface area contributed by atoms with Crippen LogP contribution < -0.4 is 0 Å². The van der Waals surface area contributed by atoms with Gasteiger partial charge in [0.05, 0.1) is 6.10 Å². The standard InChI is InChI=1S/C18H20N4O/c1-4-23-14(3)15-5-7-16(8-6-15)17-9-10-18(21-13(17)2)22-11-19-20-12-22/h5-12,14H,4H2,1-3H3/t14-/m1/s1. The average molecular weight is 308 g/mol. The first-order chi connectivity index (χ1) is 11.2. The molecule has 2 heterocycles. The molecule has 0 radical (unpaired) electrons. The highest BCUT2D eigenvalue weighted by Gasteiger charge is 2.08. The maximum atomic E-state index is 5.63. The van der Waals surface area contributed by atoms with Crippen molar-refractivity contribution in [2.45, 2.75) is 26.9 Å². The van der Waals surface area contributed by atoms with Crippen molar-refractivity contribution in [1.82, 2.24) is 19.7 Å². The predicted molar refractivity (Wildman–Crippen MR) is 89.4 cm³/mol. The second-order valence-electron chi connectivity index (χ2n) is 5.39. The lowest BCUT2D eigenvalue weighted by Crippen LogP contribution is -2.00. The average Bonchev–Trinajstić information content (AvgIpc) is 3.10. The van der Waals surface area contributed by atoms with Crippen molar-refractivity contribution in [2.24, 2.45) is 0 Å². The summed E-state index contributed by atoms with van der Waals surface area (Å²) in [5, 5.41) is 7.62. The van der Waals surface area contributed by atoms with E-state index in [0.717, 1.165) is 29.2 Å². The van der Waals surface area contributed by atoms with E-state index in [-0.39, 0.29) is 6.10 Å². The van der Waals surface area contributed by atoms with Gasteiger partial charge >= 0.3 is 0 Å². The van der Waals surface area contributed by atoms with Gasteiger partial charge in [-0.1, -0.05) is 24.3 Å². The summed E-state index contributed by atoms with van der Waals surface area (Å²) in [6, 6.07) is 12.5. The van der Waals surface area contributed by atoms with Gasteiger partial charge in [-0.3, -0.25) is 4.57 Å². The number of benzene rings is 1. The van der Waals surface area contributed by atoms with Gasteiger partial charge in [0, 0.05) is 17.9 Å². The molecule has 3 aromatic rings. The van der Waals surface area contributed by atoms with Gasteiger partial charge in [0.25, 0.3) is 0 Å². The topological polar surface area (TPSA) is 52.8 Å². The molecular weight excluding hydrogens is 288 g/mol. The Bertz CT molecular complexity index is 766. The Morgan fingerprint density at radius 2 is 1.74 bits per heavy atom. The molecule has 0 bridgehead atoms. The van der Waals surface area contributed by atoms with Crippen molar-refractivity contribution in [3.63, 3.8) is 0 Å². The molecule has 0 amide bonds. The molecule has 5 nitrogen and oxygen atoms in total. The number of ether oxygens (including phenoxy) is 1. The van der Waals surface area contributed by atoms with Crippen LogP contribution in [0.4, 0.5) is 0 Å². The van der Waals surface area contributed by atoms with Crippen molar-refractivity contribution < 1.29 is 4.74 Å². The molecule has 118 valence electrons. The molecule has 0 aliphatic heterocycles. The Labute approximate surface area is 136 Å². The molecule has 0 fully saturated rings. The molecular formula is C18H20N4O. The molecule has 0 saturated heterocycles. The van der Waals surface area contributed by atoms with Crippen LogP contribution in [0.25, 0.3) is 16.9 Å². The Kier molecular flexibility index (Phi) is 4.48. The number of hydrogen-bond acceptors (Lipinski definition) is 4. The summed E-state index contributed by atoms with van der Waals surface area (Å²) < 4.78 is 7.42. The van der Waals surface area contributed by atoms with Crippen LogP contribution in [0.15, 0.2) is 49.1 Å². The minimum atomic E-state index is 0.115. The van der Waals surface area contributed by atoms with Crippen LogP contribution in [0.2, 0.25) is 0 Å². The zero-order chi connectivity index (χ0) is 16.2. The predicted octanol–water partition coefficient (Wildman–Crippen LogP) is 3.74. The van der Waals surface area contributed by atoms with Crippen molar-refractivity contribution in [3.8, 4) is 16.9 Å². The number of aryl methyl sites for hydroxylation is 1. The third-order valence-electron chi connectivity index (χ3n) is 3.86. The van der Waals surface area contributed by atoms with Gasteiger partial charge in [0.15, 0.2) is 0 Å². The zero-order valence-corrected chi connectivity index (χ0v) is 13.6. The van der Waals surface area contributed by atoms with Crippen molar-refractivity contribution in [1.29, 1.82) is 0 Å². The van der Waals surface area contributed by atoms with E-state index in [1.54, 1.807) is 17.2 Å². The van der Waals surface area contributed by atoms with Crippen LogP contribution in [0.3, 0.4) is 0 Å².